The molecule has 1 aliphatic rings. The van der Waals surface area contributed by atoms with Gasteiger partial charge in [-0.25, -0.2) is 8.42 Å². The maximum absolute atomic E-state index is 13.1. The monoisotopic (exact) mass is 414 g/mol. The number of para-hydroxylation sites is 2. The van der Waals surface area contributed by atoms with Crippen LogP contribution in [-0.4, -0.2) is 20.9 Å². The number of aryl methyl sites for hydroxylation is 1. The third-order valence-corrected chi connectivity index (χ3v) is 7.25. The van der Waals surface area contributed by atoms with Crippen LogP contribution in [0, 0.1) is 6.92 Å². The van der Waals surface area contributed by atoms with Gasteiger partial charge in [0, 0.05) is 17.1 Å². The summed E-state index contributed by atoms with van der Waals surface area (Å²) < 4.78 is 33.9. The molecule has 2 aromatic carbocycles. The number of benzene rings is 2. The Balaban J connectivity index is 1.73. The zero-order valence-corrected chi connectivity index (χ0v) is 16.9. The van der Waals surface area contributed by atoms with Gasteiger partial charge in [0.1, 0.15) is 9.96 Å². The summed E-state index contributed by atoms with van der Waals surface area (Å²) in [7, 11) is -3.72. The number of nitrogens with one attached hydrogen (secondary N) is 1. The van der Waals surface area contributed by atoms with E-state index in [0.717, 1.165) is 4.88 Å². The lowest BCUT2D eigenvalue weighted by Gasteiger charge is -2.19. The Kier molecular flexibility index (Phi) is 4.60. The predicted molar refractivity (Wildman–Crippen MR) is 110 cm³/mol. The number of carbonyl (C=O) groups is 1. The molecule has 0 radical (unpaired) electrons. The van der Waals surface area contributed by atoms with E-state index in [4.69, 9.17) is 4.74 Å². The molecule has 8 heteroatoms. The van der Waals surface area contributed by atoms with E-state index in [1.807, 2.05) is 32.0 Å². The van der Waals surface area contributed by atoms with Crippen LogP contribution in [0.2, 0.25) is 0 Å². The van der Waals surface area contributed by atoms with Crippen molar-refractivity contribution in [2.24, 2.45) is 0 Å². The first-order chi connectivity index (χ1) is 13.4. The fourth-order valence-corrected chi connectivity index (χ4v) is 5.40. The van der Waals surface area contributed by atoms with Gasteiger partial charge in [0.2, 0.25) is 0 Å². The van der Waals surface area contributed by atoms with Crippen molar-refractivity contribution < 1.29 is 17.9 Å². The van der Waals surface area contributed by atoms with Gasteiger partial charge in [0.15, 0.2) is 5.75 Å². The van der Waals surface area contributed by atoms with Crippen LogP contribution >= 0.6 is 11.3 Å². The molecule has 0 fully saturated rings. The molecule has 144 valence electrons. The Hall–Kier alpha value is -2.84. The van der Waals surface area contributed by atoms with E-state index >= 15 is 0 Å². The van der Waals surface area contributed by atoms with Gasteiger partial charge in [-0.1, -0.05) is 12.1 Å². The van der Waals surface area contributed by atoms with Crippen LogP contribution in [0.15, 0.2) is 58.8 Å². The molecule has 2 heterocycles. The Morgan fingerprint density at radius 3 is 2.57 bits per heavy atom. The summed E-state index contributed by atoms with van der Waals surface area (Å²) in [6.07, 6.45) is 0. The quantitative estimate of drug-likeness (QED) is 0.675. The number of amides is 1. The number of nitrogens with zero attached hydrogens (tertiary/aromatic N) is 1. The second kappa shape index (κ2) is 6.96. The van der Waals surface area contributed by atoms with Crippen molar-refractivity contribution in [3.63, 3.8) is 0 Å². The number of sulfonamides is 1. The molecule has 4 rings (SSSR count). The third-order valence-electron chi connectivity index (χ3n) is 4.38. The molecule has 0 saturated heterocycles. The van der Waals surface area contributed by atoms with Crippen molar-refractivity contribution >= 4 is 38.6 Å². The number of rotatable bonds is 4. The van der Waals surface area contributed by atoms with E-state index in [0.29, 0.717) is 35.0 Å². The minimum Gasteiger partial charge on any atom is -0.454 e. The zero-order chi connectivity index (χ0) is 19.9. The first kappa shape index (κ1) is 18.5. The number of hydrogen-bond donors (Lipinski definition) is 1. The smallest absolute Gasteiger partial charge is 0.271 e. The molecule has 1 aliphatic heterocycles. The summed E-state index contributed by atoms with van der Waals surface area (Å²) in [6.45, 7) is 4.19. The Morgan fingerprint density at radius 2 is 1.86 bits per heavy atom. The molecule has 28 heavy (non-hydrogen) atoms. The van der Waals surface area contributed by atoms with Crippen molar-refractivity contribution in [2.75, 3.05) is 16.2 Å². The van der Waals surface area contributed by atoms with Gasteiger partial charge in [-0.2, -0.15) is 0 Å². The van der Waals surface area contributed by atoms with E-state index in [9.17, 15) is 13.2 Å². The molecular weight excluding hydrogens is 396 g/mol. The molecule has 0 spiro atoms. The highest BCUT2D eigenvalue weighted by atomic mass is 32.2. The van der Waals surface area contributed by atoms with Gasteiger partial charge in [0.25, 0.3) is 15.9 Å². The minimum atomic E-state index is -3.72. The highest BCUT2D eigenvalue weighted by molar-refractivity contribution is 7.94. The molecule has 0 aliphatic carbocycles. The standard InChI is InChI=1S/C20H18N2O4S2/c1-3-22-16-6-4-5-7-18(16)26-17-10-9-14(12-15(17)20(22)23)21-28(24,25)19-11-8-13(2)27-19/h4-12,21H,3H2,1-2H3. The average molecular weight is 415 g/mol. The molecule has 1 amide bonds. The van der Waals surface area contributed by atoms with E-state index in [-0.39, 0.29) is 10.1 Å². The Morgan fingerprint density at radius 1 is 1.07 bits per heavy atom. The number of anilines is 2. The zero-order valence-electron chi connectivity index (χ0n) is 15.3. The van der Waals surface area contributed by atoms with Crippen LogP contribution in [0.3, 0.4) is 0 Å². The van der Waals surface area contributed by atoms with Crippen LogP contribution in [0.5, 0.6) is 11.5 Å². The first-order valence-electron chi connectivity index (χ1n) is 8.71. The molecule has 6 nitrogen and oxygen atoms in total. The maximum atomic E-state index is 13.1. The van der Waals surface area contributed by atoms with Crippen LogP contribution < -0.4 is 14.4 Å². The number of thiophene rings is 1. The van der Waals surface area contributed by atoms with Crippen LogP contribution in [0.1, 0.15) is 22.2 Å². The minimum absolute atomic E-state index is 0.227. The lowest BCUT2D eigenvalue weighted by atomic mass is 10.1. The largest absolute Gasteiger partial charge is 0.454 e. The van der Waals surface area contributed by atoms with E-state index < -0.39 is 10.0 Å². The Bertz CT molecular complexity index is 1170. The van der Waals surface area contributed by atoms with Crippen molar-refractivity contribution in [3.05, 3.63) is 65.0 Å². The number of ether oxygens (including phenoxy) is 1. The summed E-state index contributed by atoms with van der Waals surface area (Å²) in [4.78, 5) is 15.6. The average Bonchev–Trinajstić information content (AvgIpc) is 3.07. The van der Waals surface area contributed by atoms with Crippen molar-refractivity contribution in [3.8, 4) is 11.5 Å². The fraction of sp³-hybridized carbons (Fsp3) is 0.150. The van der Waals surface area contributed by atoms with E-state index in [1.54, 1.807) is 35.2 Å². The Labute approximate surface area is 167 Å². The summed E-state index contributed by atoms with van der Waals surface area (Å²) in [5.41, 5.74) is 1.30. The molecule has 1 aromatic heterocycles. The summed E-state index contributed by atoms with van der Waals surface area (Å²) in [5, 5.41) is 0. The number of carbonyl (C=O) groups excluding carboxylic acids is 1. The topological polar surface area (TPSA) is 75.7 Å². The van der Waals surface area contributed by atoms with Gasteiger partial charge in [0.05, 0.1) is 11.3 Å². The van der Waals surface area contributed by atoms with Gasteiger partial charge in [-0.15, -0.1) is 11.3 Å². The second-order valence-corrected chi connectivity index (χ2v) is 9.50. The van der Waals surface area contributed by atoms with Crippen molar-refractivity contribution in [2.45, 2.75) is 18.1 Å². The highest BCUT2D eigenvalue weighted by Gasteiger charge is 2.28. The predicted octanol–water partition coefficient (Wildman–Crippen LogP) is 4.63. The summed E-state index contributed by atoms with van der Waals surface area (Å²) in [5.74, 6) is 0.734. The lowest BCUT2D eigenvalue weighted by molar-refractivity contribution is 0.0988. The van der Waals surface area contributed by atoms with Crippen molar-refractivity contribution in [1.29, 1.82) is 0 Å². The molecule has 3 aromatic rings. The van der Waals surface area contributed by atoms with Crippen LogP contribution in [-0.2, 0) is 10.0 Å². The highest BCUT2D eigenvalue weighted by Crippen LogP contribution is 2.39. The summed E-state index contributed by atoms with van der Waals surface area (Å²) in [6, 6.07) is 15.4. The number of fused-ring (bicyclic) bond motifs is 2. The second-order valence-electron chi connectivity index (χ2n) is 6.30. The SMILES string of the molecule is CCN1C(=O)c2cc(NS(=O)(=O)c3ccc(C)s3)ccc2Oc2ccccc21. The molecule has 0 saturated carbocycles. The van der Waals surface area contributed by atoms with E-state index in [1.165, 1.54) is 17.4 Å². The molecule has 0 unspecified atom stereocenters. The van der Waals surface area contributed by atoms with Crippen molar-refractivity contribution in [1.82, 2.24) is 0 Å². The van der Waals surface area contributed by atoms with Gasteiger partial charge in [-0.05, 0) is 56.3 Å². The first-order valence-corrected chi connectivity index (χ1v) is 11.0. The maximum Gasteiger partial charge on any atom is 0.271 e. The molecular formula is C20H18N2O4S2. The third kappa shape index (κ3) is 3.25. The number of hydrogen-bond acceptors (Lipinski definition) is 5. The molecule has 1 N–H and O–H groups in total. The van der Waals surface area contributed by atoms with Gasteiger partial charge in [-0.3, -0.25) is 9.52 Å². The van der Waals surface area contributed by atoms with E-state index in [2.05, 4.69) is 4.72 Å². The fourth-order valence-electron chi connectivity index (χ4n) is 3.07. The van der Waals surface area contributed by atoms with Crippen LogP contribution in [0.25, 0.3) is 0 Å². The normalized spacial score (nSPS) is 13.4. The molecule has 0 bridgehead atoms. The van der Waals surface area contributed by atoms with Gasteiger partial charge >= 0.3 is 0 Å². The lowest BCUT2D eigenvalue weighted by Crippen LogP contribution is -2.29. The molecule has 0 atom stereocenters. The summed E-state index contributed by atoms with van der Waals surface area (Å²) >= 11 is 1.19. The van der Waals surface area contributed by atoms with Gasteiger partial charge < -0.3 is 9.64 Å². The van der Waals surface area contributed by atoms with Crippen LogP contribution in [0.4, 0.5) is 11.4 Å².